The molecule has 0 bridgehead atoms. The second-order valence-electron chi connectivity index (χ2n) is 8.33. The highest BCUT2D eigenvalue weighted by molar-refractivity contribution is 5.90. The van der Waals surface area contributed by atoms with Crippen molar-refractivity contribution in [2.75, 3.05) is 16.8 Å². The molecule has 8 nitrogen and oxygen atoms in total. The van der Waals surface area contributed by atoms with Crippen LogP contribution in [0.5, 0.6) is 0 Å². The summed E-state index contributed by atoms with van der Waals surface area (Å²) in [5, 5.41) is 12.3. The summed E-state index contributed by atoms with van der Waals surface area (Å²) in [5.74, 6) is 2.56. The molecule has 0 aliphatic carbocycles. The van der Waals surface area contributed by atoms with Crippen molar-refractivity contribution in [2.45, 2.75) is 46.3 Å². The summed E-state index contributed by atoms with van der Waals surface area (Å²) in [6.07, 6.45) is -1.21. The number of hydrogen-bond donors (Lipinski definition) is 1. The fourth-order valence-corrected chi connectivity index (χ4v) is 4.27. The molecule has 1 N–H and O–H groups in total. The van der Waals surface area contributed by atoms with E-state index in [0.29, 0.717) is 29.1 Å². The molecule has 34 heavy (non-hydrogen) atoms. The van der Waals surface area contributed by atoms with Gasteiger partial charge in [-0.05, 0) is 26.8 Å². The maximum absolute atomic E-state index is 14.7. The topological polar surface area (TPSA) is 84.7 Å². The highest BCUT2D eigenvalue weighted by Gasteiger charge is 2.23. The molecule has 1 atom stereocenters. The van der Waals surface area contributed by atoms with Gasteiger partial charge in [0, 0.05) is 24.0 Å². The lowest BCUT2D eigenvalue weighted by Crippen LogP contribution is -2.34. The summed E-state index contributed by atoms with van der Waals surface area (Å²) in [7, 11) is 0. The quantitative estimate of drug-likeness (QED) is 0.462. The van der Waals surface area contributed by atoms with Gasteiger partial charge in [0.25, 0.3) is 6.43 Å². The van der Waals surface area contributed by atoms with E-state index in [2.05, 4.69) is 39.9 Å². The van der Waals surface area contributed by atoms with Crippen LogP contribution in [-0.2, 0) is 13.1 Å². The third-order valence-electron chi connectivity index (χ3n) is 6.05. The van der Waals surface area contributed by atoms with E-state index in [4.69, 9.17) is 0 Å². The van der Waals surface area contributed by atoms with Crippen LogP contribution in [0.3, 0.4) is 0 Å². The number of nitrogens with one attached hydrogen (secondary N) is 1. The van der Waals surface area contributed by atoms with Crippen LogP contribution in [0.2, 0.25) is 0 Å². The van der Waals surface area contributed by atoms with Gasteiger partial charge in [-0.15, -0.1) is 10.2 Å². The molecule has 0 saturated heterocycles. The average Bonchev–Trinajstić information content (AvgIpc) is 3.18. The summed E-state index contributed by atoms with van der Waals surface area (Å²) >= 11 is 0. The highest BCUT2D eigenvalue weighted by atomic mass is 19.3. The normalized spacial score (nSPS) is 14.5. The smallest absolute Gasteiger partial charge is 0.266 e. The molecule has 0 radical (unpaired) electrons. The Hall–Kier alpha value is -3.76. The molecule has 11 heteroatoms. The number of rotatable bonds is 5. The van der Waals surface area contributed by atoms with Crippen LogP contribution >= 0.6 is 0 Å². The zero-order valence-corrected chi connectivity index (χ0v) is 18.9. The first kappa shape index (κ1) is 22.1. The molecule has 4 aromatic rings. The number of nitrogens with zero attached hydrogens (tertiary/aromatic N) is 7. The molecule has 0 saturated carbocycles. The van der Waals surface area contributed by atoms with Crippen LogP contribution in [-0.4, -0.2) is 36.3 Å². The van der Waals surface area contributed by atoms with E-state index >= 15 is 0 Å². The Kier molecular flexibility index (Phi) is 5.54. The van der Waals surface area contributed by atoms with Gasteiger partial charge in [-0.3, -0.25) is 0 Å². The van der Waals surface area contributed by atoms with Crippen LogP contribution in [0.1, 0.15) is 48.0 Å². The monoisotopic (exact) mass is 468 g/mol. The second-order valence-corrected chi connectivity index (χ2v) is 8.33. The molecular formula is C23H23F3N8. The Balaban J connectivity index is 1.49. The van der Waals surface area contributed by atoms with E-state index in [1.54, 1.807) is 20.0 Å². The molecule has 1 unspecified atom stereocenters. The average molecular weight is 468 g/mol. The predicted octanol–water partition coefficient (Wildman–Crippen LogP) is 4.50. The summed E-state index contributed by atoms with van der Waals surface area (Å²) < 4.78 is 43.1. The first-order valence-corrected chi connectivity index (χ1v) is 10.9. The zero-order chi connectivity index (χ0) is 24.0. The van der Waals surface area contributed by atoms with Crippen molar-refractivity contribution in [2.24, 2.45) is 0 Å². The van der Waals surface area contributed by atoms with Gasteiger partial charge >= 0.3 is 0 Å². The molecule has 5 rings (SSSR count). The van der Waals surface area contributed by atoms with Gasteiger partial charge in [0.15, 0.2) is 5.82 Å². The molecule has 0 spiro atoms. The van der Waals surface area contributed by atoms with Crippen molar-refractivity contribution in [3.8, 4) is 0 Å². The van der Waals surface area contributed by atoms with E-state index in [0.717, 1.165) is 36.6 Å². The number of halogens is 3. The number of hydrogen-bond acceptors (Lipinski definition) is 7. The van der Waals surface area contributed by atoms with Gasteiger partial charge in [0.05, 0.1) is 29.9 Å². The summed E-state index contributed by atoms with van der Waals surface area (Å²) in [5.41, 5.74) is 0.153. The summed E-state index contributed by atoms with van der Waals surface area (Å²) in [4.78, 5) is 15.7. The van der Waals surface area contributed by atoms with Gasteiger partial charge in [-0.25, -0.2) is 28.1 Å². The van der Waals surface area contributed by atoms with Crippen LogP contribution in [0.15, 0.2) is 30.5 Å². The third-order valence-corrected chi connectivity index (χ3v) is 6.05. The standard InChI is InChI=1S/C23H23F3N8/c1-12(15-5-4-6-16(21(15)24)22(25)26)28-23-17-9-19(27-10-18(17)29-13(2)30-23)33-7-8-34-14(3)31-32-20(34)11-33/h4-6,9-10,12,22H,7-8,11H2,1-3H3,(H,28,29,30). The molecular weight excluding hydrogens is 445 g/mol. The lowest BCUT2D eigenvalue weighted by Gasteiger charge is -2.28. The van der Waals surface area contributed by atoms with Gasteiger partial charge in [-0.1, -0.05) is 18.2 Å². The van der Waals surface area contributed by atoms with Crippen LogP contribution < -0.4 is 10.2 Å². The minimum atomic E-state index is -2.89. The fourth-order valence-electron chi connectivity index (χ4n) is 4.27. The van der Waals surface area contributed by atoms with Crippen LogP contribution in [0.25, 0.3) is 10.9 Å². The number of benzene rings is 1. The number of aryl methyl sites for hydroxylation is 2. The first-order valence-electron chi connectivity index (χ1n) is 10.9. The Morgan fingerprint density at radius 1 is 1.06 bits per heavy atom. The number of anilines is 2. The maximum Gasteiger partial charge on any atom is 0.266 e. The van der Waals surface area contributed by atoms with Crippen molar-refractivity contribution in [3.05, 3.63) is 64.9 Å². The van der Waals surface area contributed by atoms with E-state index in [1.807, 2.05) is 13.0 Å². The predicted molar refractivity (Wildman–Crippen MR) is 121 cm³/mol. The SMILES string of the molecule is Cc1nc(NC(C)c2cccc(C(F)F)c2F)c2cc(N3CCn4c(C)nnc4C3)ncc2n1. The van der Waals surface area contributed by atoms with Gasteiger partial charge in [0.1, 0.15) is 29.1 Å². The maximum atomic E-state index is 14.7. The molecule has 1 aliphatic rings. The number of pyridine rings is 1. The minimum absolute atomic E-state index is 0.141. The molecule has 0 fully saturated rings. The van der Waals surface area contributed by atoms with Crippen molar-refractivity contribution in [1.82, 2.24) is 29.7 Å². The third kappa shape index (κ3) is 3.91. The fraction of sp³-hybridized carbons (Fsp3) is 0.348. The lowest BCUT2D eigenvalue weighted by atomic mass is 10.0. The molecule has 3 aromatic heterocycles. The highest BCUT2D eigenvalue weighted by Crippen LogP contribution is 2.31. The first-order chi connectivity index (χ1) is 16.3. The van der Waals surface area contributed by atoms with E-state index < -0.39 is 23.8 Å². The van der Waals surface area contributed by atoms with Crippen molar-refractivity contribution >= 4 is 22.5 Å². The lowest BCUT2D eigenvalue weighted by molar-refractivity contribution is 0.146. The molecule has 0 amide bonds. The number of aromatic nitrogens is 6. The van der Waals surface area contributed by atoms with Crippen LogP contribution in [0, 0.1) is 19.7 Å². The number of alkyl halides is 2. The molecule has 1 aliphatic heterocycles. The number of fused-ring (bicyclic) bond motifs is 2. The van der Waals surface area contributed by atoms with Crippen molar-refractivity contribution in [3.63, 3.8) is 0 Å². The van der Waals surface area contributed by atoms with Gasteiger partial charge < -0.3 is 14.8 Å². The molecule has 1 aromatic carbocycles. The van der Waals surface area contributed by atoms with E-state index in [-0.39, 0.29) is 5.56 Å². The van der Waals surface area contributed by atoms with Gasteiger partial charge in [0.2, 0.25) is 0 Å². The van der Waals surface area contributed by atoms with E-state index in [1.165, 1.54) is 12.1 Å². The minimum Gasteiger partial charge on any atom is -0.363 e. The van der Waals surface area contributed by atoms with Crippen LogP contribution in [0.4, 0.5) is 24.8 Å². The zero-order valence-electron chi connectivity index (χ0n) is 18.9. The van der Waals surface area contributed by atoms with Crippen molar-refractivity contribution < 1.29 is 13.2 Å². The Morgan fingerprint density at radius 2 is 1.85 bits per heavy atom. The Morgan fingerprint density at radius 3 is 2.65 bits per heavy atom. The van der Waals surface area contributed by atoms with E-state index in [9.17, 15) is 13.2 Å². The molecule has 4 heterocycles. The second kappa shape index (κ2) is 8.54. The molecule has 176 valence electrons. The largest absolute Gasteiger partial charge is 0.363 e. The van der Waals surface area contributed by atoms with Gasteiger partial charge in [-0.2, -0.15) is 0 Å². The Labute approximate surface area is 193 Å². The summed E-state index contributed by atoms with van der Waals surface area (Å²) in [6, 6.07) is 5.30. The Bertz CT molecular complexity index is 1370. The summed E-state index contributed by atoms with van der Waals surface area (Å²) in [6.45, 7) is 7.44. The van der Waals surface area contributed by atoms with Crippen molar-refractivity contribution in [1.29, 1.82) is 0 Å².